The Balaban J connectivity index is 2.45. The zero-order chi connectivity index (χ0) is 27.8. The fourth-order valence-electron chi connectivity index (χ4n) is 3.59. The lowest BCUT2D eigenvalue weighted by molar-refractivity contribution is -0.139. The van der Waals surface area contributed by atoms with Gasteiger partial charge in [-0.1, -0.05) is 26.0 Å². The Hall–Kier alpha value is -3.47. The van der Waals surface area contributed by atoms with E-state index in [1.54, 1.807) is 31.2 Å². The van der Waals surface area contributed by atoms with Gasteiger partial charge in [0.05, 0.1) is 33.3 Å². The molecule has 2 rings (SSSR count). The Morgan fingerprint density at radius 3 is 2.16 bits per heavy atom. The Bertz CT molecular complexity index is 1180. The van der Waals surface area contributed by atoms with E-state index in [2.05, 4.69) is 5.32 Å². The van der Waals surface area contributed by atoms with Crippen LogP contribution in [0, 0.1) is 5.92 Å². The maximum absolute atomic E-state index is 13.7. The average Bonchev–Trinajstić information content (AvgIpc) is 2.87. The van der Waals surface area contributed by atoms with E-state index in [1.807, 2.05) is 19.9 Å². The van der Waals surface area contributed by atoms with E-state index in [4.69, 9.17) is 14.2 Å². The van der Waals surface area contributed by atoms with Gasteiger partial charge >= 0.3 is 0 Å². The van der Waals surface area contributed by atoms with Gasteiger partial charge in [-0.15, -0.1) is 0 Å². The van der Waals surface area contributed by atoms with Gasteiger partial charge in [-0.25, -0.2) is 8.42 Å². The summed E-state index contributed by atoms with van der Waals surface area (Å²) in [5, 5.41) is 2.85. The van der Waals surface area contributed by atoms with Crippen LogP contribution in [0.15, 0.2) is 42.5 Å². The topological polar surface area (TPSA) is 114 Å². The van der Waals surface area contributed by atoms with Gasteiger partial charge in [-0.05, 0) is 42.7 Å². The van der Waals surface area contributed by atoms with Gasteiger partial charge in [0.2, 0.25) is 21.8 Å². The van der Waals surface area contributed by atoms with Crippen LogP contribution in [0.25, 0.3) is 0 Å². The van der Waals surface area contributed by atoms with Crippen LogP contribution in [0.4, 0.5) is 5.69 Å². The van der Waals surface area contributed by atoms with E-state index in [0.717, 1.165) is 16.1 Å². The number of methoxy groups -OCH3 is 3. The zero-order valence-corrected chi connectivity index (χ0v) is 23.3. The van der Waals surface area contributed by atoms with Gasteiger partial charge < -0.3 is 24.4 Å². The van der Waals surface area contributed by atoms with Crippen LogP contribution >= 0.6 is 0 Å². The minimum absolute atomic E-state index is 0.0731. The molecule has 0 saturated carbocycles. The van der Waals surface area contributed by atoms with Gasteiger partial charge in [0.1, 0.15) is 29.8 Å². The third kappa shape index (κ3) is 8.28. The highest BCUT2D eigenvalue weighted by molar-refractivity contribution is 7.92. The first-order valence-corrected chi connectivity index (χ1v) is 13.7. The normalized spacial score (nSPS) is 12.0. The number of hydrogen-bond donors (Lipinski definition) is 1. The predicted molar refractivity (Wildman–Crippen MR) is 143 cm³/mol. The summed E-state index contributed by atoms with van der Waals surface area (Å²) in [5.74, 6) is 0.621. The molecule has 204 valence electrons. The number of nitrogens with one attached hydrogen (secondary N) is 1. The highest BCUT2D eigenvalue weighted by Crippen LogP contribution is 2.33. The summed E-state index contributed by atoms with van der Waals surface area (Å²) in [6, 6.07) is 10.9. The van der Waals surface area contributed by atoms with Crippen LogP contribution in [-0.2, 0) is 26.2 Å². The summed E-state index contributed by atoms with van der Waals surface area (Å²) in [7, 11) is 0.513. The molecule has 1 N–H and O–H groups in total. The minimum Gasteiger partial charge on any atom is -0.497 e. The summed E-state index contributed by atoms with van der Waals surface area (Å²) in [4.78, 5) is 28.0. The summed E-state index contributed by atoms with van der Waals surface area (Å²) in [5.41, 5.74) is 0.904. The second kappa shape index (κ2) is 13.2. The number of benzene rings is 2. The fourth-order valence-corrected chi connectivity index (χ4v) is 4.44. The molecule has 0 bridgehead atoms. The molecule has 1 unspecified atom stereocenters. The van der Waals surface area contributed by atoms with Gasteiger partial charge in [-0.3, -0.25) is 13.9 Å². The third-order valence-corrected chi connectivity index (χ3v) is 6.80. The quantitative estimate of drug-likeness (QED) is 0.419. The molecule has 0 saturated heterocycles. The van der Waals surface area contributed by atoms with E-state index in [1.165, 1.54) is 38.4 Å². The summed E-state index contributed by atoms with van der Waals surface area (Å²) in [6.45, 7) is 5.54. The smallest absolute Gasteiger partial charge is 0.244 e. The Morgan fingerprint density at radius 2 is 1.59 bits per heavy atom. The fraction of sp³-hybridized carbons (Fsp3) is 0.462. The van der Waals surface area contributed by atoms with Crippen molar-refractivity contribution in [1.29, 1.82) is 0 Å². The molecule has 2 amide bonds. The Morgan fingerprint density at radius 1 is 0.946 bits per heavy atom. The first kappa shape index (κ1) is 29.8. The number of carbonyl (C=O) groups is 2. The molecule has 0 heterocycles. The van der Waals surface area contributed by atoms with Crippen molar-refractivity contribution in [2.75, 3.05) is 45.0 Å². The Labute approximate surface area is 219 Å². The SMILES string of the molecule is COc1cccc(CN(C(=O)CN(c2ccc(OC)cc2OC)S(C)(=O)=O)C(C)C(=O)NCC(C)C)c1. The number of rotatable bonds is 13. The minimum atomic E-state index is -3.91. The second-order valence-corrected chi connectivity index (χ2v) is 10.9. The molecule has 10 nitrogen and oxygen atoms in total. The largest absolute Gasteiger partial charge is 0.497 e. The zero-order valence-electron chi connectivity index (χ0n) is 22.5. The van der Waals surface area contributed by atoms with E-state index >= 15 is 0 Å². The molecule has 11 heteroatoms. The second-order valence-electron chi connectivity index (χ2n) is 9.00. The van der Waals surface area contributed by atoms with Gasteiger partial charge in [0, 0.05) is 19.2 Å². The van der Waals surface area contributed by atoms with Crippen LogP contribution in [0.2, 0.25) is 0 Å². The van der Waals surface area contributed by atoms with Crippen molar-refractivity contribution in [1.82, 2.24) is 10.2 Å². The molecule has 2 aromatic carbocycles. The highest BCUT2D eigenvalue weighted by atomic mass is 32.2. The molecule has 0 aliphatic heterocycles. The molecule has 1 atom stereocenters. The highest BCUT2D eigenvalue weighted by Gasteiger charge is 2.31. The van der Waals surface area contributed by atoms with Crippen LogP contribution in [0.1, 0.15) is 26.3 Å². The lowest BCUT2D eigenvalue weighted by atomic mass is 10.1. The molecule has 0 fully saturated rings. The number of ether oxygens (including phenoxy) is 3. The molecule has 0 aliphatic rings. The van der Waals surface area contributed by atoms with Gasteiger partial charge in [0.15, 0.2) is 0 Å². The van der Waals surface area contributed by atoms with Crippen molar-refractivity contribution in [3.05, 3.63) is 48.0 Å². The molecule has 0 aromatic heterocycles. The van der Waals surface area contributed by atoms with Crippen molar-refractivity contribution in [2.24, 2.45) is 5.92 Å². The number of nitrogens with zero attached hydrogens (tertiary/aromatic N) is 2. The maximum atomic E-state index is 13.7. The average molecular weight is 536 g/mol. The van der Waals surface area contributed by atoms with Crippen LogP contribution < -0.4 is 23.8 Å². The lowest BCUT2D eigenvalue weighted by Gasteiger charge is -2.32. The molecule has 0 aliphatic carbocycles. The molecule has 37 heavy (non-hydrogen) atoms. The summed E-state index contributed by atoms with van der Waals surface area (Å²) < 4.78 is 42.4. The molecule has 0 radical (unpaired) electrons. The van der Waals surface area contributed by atoms with Crippen molar-refractivity contribution >= 4 is 27.5 Å². The van der Waals surface area contributed by atoms with Crippen molar-refractivity contribution in [3.8, 4) is 17.2 Å². The number of sulfonamides is 1. The first-order valence-electron chi connectivity index (χ1n) is 11.8. The predicted octanol–water partition coefficient (Wildman–Crippen LogP) is 2.67. The number of carbonyl (C=O) groups excluding carboxylic acids is 2. The lowest BCUT2D eigenvalue weighted by Crippen LogP contribution is -2.51. The summed E-state index contributed by atoms with van der Waals surface area (Å²) in [6.07, 6.45) is 1.01. The molecular formula is C26H37N3O7S. The van der Waals surface area contributed by atoms with E-state index in [-0.39, 0.29) is 29.8 Å². The standard InChI is InChI=1S/C26H37N3O7S/c1-18(2)15-27-26(31)19(3)28(16-20-9-8-10-21(13-20)34-4)25(30)17-29(37(7,32)33)23-12-11-22(35-5)14-24(23)36-6/h8-14,18-19H,15-17H2,1-7H3,(H,27,31). The third-order valence-electron chi connectivity index (χ3n) is 5.67. The van der Waals surface area contributed by atoms with Crippen molar-refractivity contribution < 1.29 is 32.2 Å². The van der Waals surface area contributed by atoms with E-state index < -0.39 is 28.5 Å². The molecular weight excluding hydrogens is 498 g/mol. The van der Waals surface area contributed by atoms with Gasteiger partial charge in [-0.2, -0.15) is 0 Å². The Kier molecular flexibility index (Phi) is 10.6. The molecule has 0 spiro atoms. The number of amides is 2. The number of hydrogen-bond acceptors (Lipinski definition) is 7. The van der Waals surface area contributed by atoms with E-state index in [9.17, 15) is 18.0 Å². The first-order chi connectivity index (χ1) is 17.4. The van der Waals surface area contributed by atoms with Crippen LogP contribution in [-0.4, -0.2) is 71.8 Å². The number of anilines is 1. The molecule has 2 aromatic rings. The summed E-state index contributed by atoms with van der Waals surface area (Å²) >= 11 is 0. The van der Waals surface area contributed by atoms with Crippen molar-refractivity contribution in [3.63, 3.8) is 0 Å². The maximum Gasteiger partial charge on any atom is 0.244 e. The van der Waals surface area contributed by atoms with Crippen LogP contribution in [0.5, 0.6) is 17.2 Å². The van der Waals surface area contributed by atoms with Crippen LogP contribution in [0.3, 0.4) is 0 Å². The van der Waals surface area contributed by atoms with Gasteiger partial charge in [0.25, 0.3) is 0 Å². The van der Waals surface area contributed by atoms with E-state index in [0.29, 0.717) is 18.0 Å². The monoisotopic (exact) mass is 535 g/mol. The van der Waals surface area contributed by atoms with Crippen molar-refractivity contribution in [2.45, 2.75) is 33.4 Å².